The molecule has 8 atom stereocenters. The first-order chi connectivity index (χ1) is 32.4. The number of hydrogen-bond acceptors (Lipinski definition) is 12. The summed E-state index contributed by atoms with van der Waals surface area (Å²) in [7, 11) is 0. The van der Waals surface area contributed by atoms with E-state index in [2.05, 4.69) is 31.9 Å². The summed E-state index contributed by atoms with van der Waals surface area (Å²) < 4.78 is 0. The molecule has 1 aliphatic rings. The zero-order valence-electron chi connectivity index (χ0n) is 39.6. The van der Waals surface area contributed by atoms with Crippen LogP contribution in [0.1, 0.15) is 84.8 Å². The third kappa shape index (κ3) is 17.5. The van der Waals surface area contributed by atoms with E-state index in [9.17, 15) is 63.3 Å². The van der Waals surface area contributed by atoms with Crippen molar-refractivity contribution in [2.24, 2.45) is 23.5 Å². The van der Waals surface area contributed by atoms with Crippen molar-refractivity contribution in [3.63, 3.8) is 0 Å². The number of aliphatic carboxylic acids is 3. The van der Waals surface area contributed by atoms with Gasteiger partial charge in [-0.25, -0.2) is 4.79 Å². The summed E-state index contributed by atoms with van der Waals surface area (Å²) in [4.78, 5) is 133. The number of phenolic OH excluding ortho intramolecular Hbond substituents is 1. The molecule has 0 aromatic heterocycles. The molecular weight excluding hydrogens is 901 g/mol. The van der Waals surface area contributed by atoms with Gasteiger partial charge >= 0.3 is 17.9 Å². The van der Waals surface area contributed by atoms with E-state index >= 15 is 0 Å². The minimum atomic E-state index is -1.60. The number of hydrogen-bond donors (Lipinski definition) is 11. The molecule has 22 heteroatoms. The molecular formula is C47H66N8O14. The van der Waals surface area contributed by atoms with E-state index in [0.29, 0.717) is 17.5 Å². The van der Waals surface area contributed by atoms with E-state index in [1.54, 1.807) is 71.9 Å². The van der Waals surface area contributed by atoms with Gasteiger partial charge < -0.3 is 63.0 Å². The van der Waals surface area contributed by atoms with Gasteiger partial charge in [-0.1, -0.05) is 84.0 Å². The fraction of sp³-hybridized carbons (Fsp3) is 0.532. The molecule has 2 aromatic rings. The van der Waals surface area contributed by atoms with Crippen molar-refractivity contribution >= 4 is 59.3 Å². The van der Waals surface area contributed by atoms with E-state index in [1.807, 2.05) is 0 Å². The number of amides is 7. The minimum Gasteiger partial charge on any atom is -0.508 e. The highest BCUT2D eigenvalue weighted by Gasteiger charge is 2.40. The summed E-state index contributed by atoms with van der Waals surface area (Å²) in [6.45, 7) is 9.89. The second kappa shape index (κ2) is 26.4. The molecule has 1 fully saturated rings. The van der Waals surface area contributed by atoms with Crippen LogP contribution < -0.4 is 37.6 Å². The van der Waals surface area contributed by atoms with Crippen LogP contribution in [0.25, 0.3) is 0 Å². The van der Waals surface area contributed by atoms with Gasteiger partial charge in [-0.15, -0.1) is 0 Å². The average Bonchev–Trinajstić information content (AvgIpc) is 3.78. The van der Waals surface area contributed by atoms with Gasteiger partial charge in [0.05, 0.1) is 12.5 Å². The predicted octanol–water partition coefficient (Wildman–Crippen LogP) is -0.203. The third-order valence-electron chi connectivity index (χ3n) is 11.5. The Morgan fingerprint density at radius 3 is 1.52 bits per heavy atom. The van der Waals surface area contributed by atoms with Crippen LogP contribution in [0.15, 0.2) is 54.6 Å². The lowest BCUT2D eigenvalue weighted by molar-refractivity contribution is -0.150. The first kappa shape index (κ1) is 56.2. The maximum absolute atomic E-state index is 14.4. The highest BCUT2D eigenvalue weighted by atomic mass is 16.4. The minimum absolute atomic E-state index is 0.0893. The second-order valence-corrected chi connectivity index (χ2v) is 18.1. The van der Waals surface area contributed by atoms with Crippen molar-refractivity contribution < 1.29 is 68.4 Å². The number of phenols is 1. The maximum atomic E-state index is 14.4. The first-order valence-electron chi connectivity index (χ1n) is 22.8. The van der Waals surface area contributed by atoms with Crippen LogP contribution in [0.5, 0.6) is 5.75 Å². The number of carboxylic acid groups (broad SMARTS) is 3. The third-order valence-corrected chi connectivity index (χ3v) is 11.5. The van der Waals surface area contributed by atoms with Crippen molar-refractivity contribution in [2.45, 2.75) is 135 Å². The van der Waals surface area contributed by atoms with Crippen LogP contribution in [0.2, 0.25) is 0 Å². The van der Waals surface area contributed by atoms with Crippen LogP contribution in [0.3, 0.4) is 0 Å². The number of aromatic hydroxyl groups is 1. The molecule has 378 valence electrons. The number of carbonyl (C=O) groups is 10. The van der Waals surface area contributed by atoms with Gasteiger partial charge in [0.25, 0.3) is 0 Å². The van der Waals surface area contributed by atoms with E-state index in [-0.39, 0.29) is 31.6 Å². The highest BCUT2D eigenvalue weighted by molar-refractivity contribution is 5.98. The molecule has 0 aliphatic carbocycles. The fourth-order valence-corrected chi connectivity index (χ4v) is 7.57. The summed E-state index contributed by atoms with van der Waals surface area (Å²) in [5, 5.41) is 53.8. The number of nitrogens with one attached hydrogen (secondary N) is 6. The lowest BCUT2D eigenvalue weighted by atomic mass is 9.98. The Kier molecular flexibility index (Phi) is 21.5. The SMILES string of the molecule is CC(C)[C@H](NC(=O)[C@H](CCC(=O)O)NC(=O)[C@H](Cc1ccccc1)NC(=O)[C@H](Cc1ccc(O)cc1)NC(=O)[C@@H](NC(=O)[C@@H](N)CC(=O)O)C(C)C)C(=O)N[C@H](C(=O)N1CCC[C@H]1C(=O)O)C(C)C. The largest absolute Gasteiger partial charge is 0.508 e. The molecule has 0 spiro atoms. The Morgan fingerprint density at radius 2 is 1.03 bits per heavy atom. The number of nitrogens with two attached hydrogens (primary N) is 1. The molecule has 1 heterocycles. The lowest BCUT2D eigenvalue weighted by Crippen LogP contribution is -2.62. The normalized spacial score (nSPS) is 16.5. The van der Waals surface area contributed by atoms with Gasteiger partial charge in [0.15, 0.2) is 0 Å². The van der Waals surface area contributed by atoms with Crippen LogP contribution >= 0.6 is 0 Å². The summed E-state index contributed by atoms with van der Waals surface area (Å²) in [5.41, 5.74) is 6.72. The van der Waals surface area contributed by atoms with Gasteiger partial charge in [-0.2, -0.15) is 0 Å². The maximum Gasteiger partial charge on any atom is 0.326 e. The molecule has 7 amide bonds. The summed E-state index contributed by atoms with van der Waals surface area (Å²) >= 11 is 0. The number of benzene rings is 2. The Labute approximate surface area is 399 Å². The monoisotopic (exact) mass is 966 g/mol. The second-order valence-electron chi connectivity index (χ2n) is 18.1. The predicted molar refractivity (Wildman–Crippen MR) is 248 cm³/mol. The van der Waals surface area contributed by atoms with Gasteiger partial charge in [0.1, 0.15) is 48.0 Å². The standard InChI is InChI=1S/C47H66N8O14/c1-24(2)37(52-40(61)30(48)23-36(59)60)44(65)51-33(22-28-14-16-29(56)17-15-28)43(64)50-32(21-27-11-8-7-9-12-27)42(63)49-31(18-19-35(57)58)41(62)53-38(25(3)4)45(66)54-39(26(5)6)46(67)55-20-10-13-34(55)47(68)69/h7-9,11-12,14-17,24-26,30-34,37-39,56H,10,13,18-23,48H2,1-6H3,(H,49,63)(H,50,64)(H,51,65)(H,52,61)(H,53,62)(H,54,66)(H,57,58)(H,59,60)(H,68,69)/t30-,31-,32-,33-,34-,37-,38-,39-/m0/s1. The smallest absolute Gasteiger partial charge is 0.326 e. The topological polar surface area (TPSA) is 353 Å². The molecule has 1 aliphatic heterocycles. The molecule has 3 rings (SSSR count). The number of rotatable bonds is 26. The first-order valence-corrected chi connectivity index (χ1v) is 22.8. The molecule has 0 unspecified atom stereocenters. The number of nitrogens with zero attached hydrogens (tertiary/aromatic N) is 1. The molecule has 0 radical (unpaired) electrons. The van der Waals surface area contributed by atoms with Crippen molar-refractivity contribution in [1.82, 2.24) is 36.8 Å². The van der Waals surface area contributed by atoms with E-state index < -0.39 is 145 Å². The molecule has 0 saturated carbocycles. The molecule has 22 nitrogen and oxygen atoms in total. The van der Waals surface area contributed by atoms with E-state index in [1.165, 1.54) is 29.2 Å². The van der Waals surface area contributed by atoms with Crippen LogP contribution in [-0.4, -0.2) is 139 Å². The number of carbonyl (C=O) groups excluding carboxylic acids is 7. The Hall–Kier alpha value is -7.10. The number of likely N-dealkylation sites (tertiary alicyclic amines) is 1. The van der Waals surface area contributed by atoms with Crippen molar-refractivity contribution in [1.29, 1.82) is 0 Å². The van der Waals surface area contributed by atoms with Crippen molar-refractivity contribution in [3.05, 3.63) is 65.7 Å². The van der Waals surface area contributed by atoms with Gasteiger partial charge in [-0.05, 0) is 60.3 Å². The van der Waals surface area contributed by atoms with Gasteiger partial charge in [0, 0.05) is 25.8 Å². The Balaban J connectivity index is 1.95. The fourth-order valence-electron chi connectivity index (χ4n) is 7.57. The van der Waals surface area contributed by atoms with E-state index in [4.69, 9.17) is 10.8 Å². The quantitative estimate of drug-likeness (QED) is 0.0582. The zero-order valence-corrected chi connectivity index (χ0v) is 39.6. The molecule has 2 aromatic carbocycles. The Morgan fingerprint density at radius 1 is 0.580 bits per heavy atom. The number of carboxylic acids is 3. The van der Waals surface area contributed by atoms with Gasteiger partial charge in [0.2, 0.25) is 41.4 Å². The van der Waals surface area contributed by atoms with Crippen LogP contribution in [-0.2, 0) is 60.8 Å². The van der Waals surface area contributed by atoms with Crippen LogP contribution in [0, 0.1) is 17.8 Å². The van der Waals surface area contributed by atoms with Crippen molar-refractivity contribution in [3.8, 4) is 5.75 Å². The summed E-state index contributed by atoms with van der Waals surface area (Å²) in [5.74, 6) is -11.7. The highest BCUT2D eigenvalue weighted by Crippen LogP contribution is 2.21. The zero-order chi connectivity index (χ0) is 51.7. The Bertz CT molecular complexity index is 2150. The summed E-state index contributed by atoms with van der Waals surface area (Å²) in [6, 6.07) is 3.14. The average molecular weight is 967 g/mol. The molecule has 0 bridgehead atoms. The van der Waals surface area contributed by atoms with E-state index in [0.717, 1.165) is 0 Å². The molecule has 12 N–H and O–H groups in total. The van der Waals surface area contributed by atoms with Crippen molar-refractivity contribution in [2.75, 3.05) is 6.54 Å². The van der Waals surface area contributed by atoms with Gasteiger partial charge in [-0.3, -0.25) is 43.2 Å². The van der Waals surface area contributed by atoms with Crippen LogP contribution in [0.4, 0.5) is 0 Å². The lowest BCUT2D eigenvalue weighted by Gasteiger charge is -2.32. The molecule has 69 heavy (non-hydrogen) atoms. The summed E-state index contributed by atoms with van der Waals surface area (Å²) in [6.07, 6.45) is -1.50. The molecule has 1 saturated heterocycles.